The Morgan fingerprint density at radius 2 is 1.49 bits per heavy atom. The van der Waals surface area contributed by atoms with Gasteiger partial charge in [-0.15, -0.1) is 0 Å². The van der Waals surface area contributed by atoms with Gasteiger partial charge in [0.05, 0.1) is 0 Å². The van der Waals surface area contributed by atoms with Crippen LogP contribution in [0, 0.1) is 0 Å². The average molecular weight is 488 g/mol. The van der Waals surface area contributed by atoms with Gasteiger partial charge in [-0.3, -0.25) is 4.90 Å². The monoisotopic (exact) mass is 487 g/mol. The minimum atomic E-state index is -3.31. The second kappa shape index (κ2) is 9.85. The maximum atomic E-state index is 11.6. The van der Waals surface area contributed by atoms with E-state index in [1.54, 1.807) is 12.3 Å². The maximum Gasteiger partial charge on any atom is 0.213 e. The summed E-state index contributed by atoms with van der Waals surface area (Å²) in [4.78, 5) is 10.7. The molecule has 3 heterocycles. The van der Waals surface area contributed by atoms with Crippen LogP contribution in [-0.2, 0) is 16.4 Å². The highest BCUT2D eigenvalue weighted by atomic mass is 32.2. The first kappa shape index (κ1) is 23.0. The third-order valence-corrected chi connectivity index (χ3v) is 6.71. The Bertz CT molecular complexity index is 1370. The molecule has 0 saturated carbocycles. The Morgan fingerprint density at radius 1 is 0.829 bits per heavy atom. The van der Waals surface area contributed by atoms with Gasteiger partial charge in [0.25, 0.3) is 0 Å². The summed E-state index contributed by atoms with van der Waals surface area (Å²) in [5, 5.41) is 0.0557. The Morgan fingerprint density at radius 3 is 2.09 bits per heavy atom. The van der Waals surface area contributed by atoms with Crippen molar-refractivity contribution in [3.8, 4) is 28.5 Å². The van der Waals surface area contributed by atoms with Crippen LogP contribution in [0.3, 0.4) is 0 Å². The molecule has 0 N–H and O–H groups in total. The molecule has 178 valence electrons. The third kappa shape index (κ3) is 5.85. The molecule has 4 aromatic rings. The van der Waals surface area contributed by atoms with Crippen molar-refractivity contribution in [2.75, 3.05) is 19.3 Å². The Labute approximate surface area is 204 Å². The Hall–Kier alpha value is -3.75. The van der Waals surface area contributed by atoms with Crippen molar-refractivity contribution in [1.82, 2.24) is 14.9 Å². The van der Waals surface area contributed by atoms with E-state index in [2.05, 4.69) is 27.0 Å². The molecule has 0 atom stereocenters. The van der Waals surface area contributed by atoms with Crippen molar-refractivity contribution in [1.29, 1.82) is 0 Å². The summed E-state index contributed by atoms with van der Waals surface area (Å²) in [5.41, 5.74) is 2.87. The molecule has 0 amide bonds. The van der Waals surface area contributed by atoms with Crippen LogP contribution in [0.5, 0.6) is 17.4 Å². The number of hydrogen-bond donors (Lipinski definition) is 0. The summed E-state index contributed by atoms with van der Waals surface area (Å²) in [6, 6.07) is 24.9. The van der Waals surface area contributed by atoms with Gasteiger partial charge >= 0.3 is 0 Å². The summed E-state index contributed by atoms with van der Waals surface area (Å²) < 4.78 is 35.0. The van der Waals surface area contributed by atoms with E-state index in [-0.39, 0.29) is 11.1 Å². The smallest absolute Gasteiger partial charge is 0.213 e. The van der Waals surface area contributed by atoms with Crippen LogP contribution >= 0.6 is 0 Å². The molecule has 1 saturated heterocycles. The van der Waals surface area contributed by atoms with E-state index < -0.39 is 9.84 Å². The number of ether oxygens (including phenoxy) is 2. The quantitative estimate of drug-likeness (QED) is 0.359. The van der Waals surface area contributed by atoms with E-state index in [1.807, 2.05) is 54.6 Å². The van der Waals surface area contributed by atoms with Crippen molar-refractivity contribution in [2.45, 2.75) is 17.7 Å². The fraction of sp³-hybridized carbons (Fsp3) is 0.185. The molecular formula is C27H25N3O4S. The van der Waals surface area contributed by atoms with Crippen molar-refractivity contribution < 1.29 is 17.9 Å². The minimum Gasteiger partial charge on any atom is -0.472 e. The lowest BCUT2D eigenvalue weighted by Crippen LogP contribution is -2.53. The average Bonchev–Trinajstić information content (AvgIpc) is 2.84. The van der Waals surface area contributed by atoms with Crippen molar-refractivity contribution in [2.24, 2.45) is 0 Å². The van der Waals surface area contributed by atoms with Crippen LogP contribution in [0.2, 0.25) is 0 Å². The molecule has 0 aliphatic carbocycles. The van der Waals surface area contributed by atoms with E-state index in [4.69, 9.17) is 9.47 Å². The van der Waals surface area contributed by atoms with Crippen molar-refractivity contribution >= 4 is 9.84 Å². The predicted molar refractivity (Wildman–Crippen MR) is 133 cm³/mol. The molecule has 0 bridgehead atoms. The minimum absolute atomic E-state index is 0.0557. The van der Waals surface area contributed by atoms with Gasteiger partial charge in [0.2, 0.25) is 5.88 Å². The molecule has 1 aliphatic heterocycles. The molecule has 0 radical (unpaired) electrons. The molecular weight excluding hydrogens is 462 g/mol. The number of para-hydroxylation sites is 1. The lowest BCUT2D eigenvalue weighted by atomic mass is 10.1. The zero-order chi connectivity index (χ0) is 24.3. The summed E-state index contributed by atoms with van der Waals surface area (Å²) in [6.07, 6.45) is 4.49. The molecule has 2 aromatic heterocycles. The van der Waals surface area contributed by atoms with Crippen molar-refractivity contribution in [3.63, 3.8) is 0 Å². The first-order valence-corrected chi connectivity index (χ1v) is 13.1. The van der Waals surface area contributed by atoms with E-state index in [1.165, 1.54) is 17.8 Å². The van der Waals surface area contributed by atoms with E-state index >= 15 is 0 Å². The van der Waals surface area contributed by atoms with Gasteiger partial charge in [-0.25, -0.2) is 18.4 Å². The fourth-order valence-corrected chi connectivity index (χ4v) is 4.39. The number of rotatable bonds is 8. The molecule has 0 spiro atoms. The number of pyridine rings is 2. The normalized spacial score (nSPS) is 14.3. The van der Waals surface area contributed by atoms with Gasteiger partial charge < -0.3 is 9.47 Å². The van der Waals surface area contributed by atoms with Crippen LogP contribution in [0.25, 0.3) is 11.1 Å². The van der Waals surface area contributed by atoms with Gasteiger partial charge in [-0.05, 0) is 48.0 Å². The number of benzene rings is 2. The lowest BCUT2D eigenvalue weighted by Gasteiger charge is -2.38. The third-order valence-electron chi connectivity index (χ3n) is 5.71. The van der Waals surface area contributed by atoms with Crippen LogP contribution in [-0.4, -0.2) is 48.7 Å². The largest absolute Gasteiger partial charge is 0.472 e. The molecule has 2 aromatic carbocycles. The lowest BCUT2D eigenvalue weighted by molar-refractivity contribution is 0.0118. The van der Waals surface area contributed by atoms with Crippen LogP contribution in [0.15, 0.2) is 96.3 Å². The van der Waals surface area contributed by atoms with Gasteiger partial charge in [-0.1, -0.05) is 30.3 Å². The summed E-state index contributed by atoms with van der Waals surface area (Å²) in [7, 11) is -3.31. The van der Waals surface area contributed by atoms with Gasteiger partial charge in [0.1, 0.15) is 17.6 Å². The summed E-state index contributed by atoms with van der Waals surface area (Å²) in [6.45, 7) is 2.53. The second-order valence-corrected chi connectivity index (χ2v) is 10.5. The first-order valence-electron chi connectivity index (χ1n) is 11.3. The molecule has 5 rings (SSSR count). The molecule has 8 heteroatoms. The Kier molecular flexibility index (Phi) is 6.48. The topological polar surface area (TPSA) is 81.6 Å². The molecule has 1 aliphatic rings. The van der Waals surface area contributed by atoms with Crippen LogP contribution < -0.4 is 9.47 Å². The number of likely N-dealkylation sites (tertiary alicyclic amines) is 1. The fourth-order valence-electron chi connectivity index (χ4n) is 3.83. The van der Waals surface area contributed by atoms with E-state index in [0.717, 1.165) is 48.5 Å². The van der Waals surface area contributed by atoms with E-state index in [9.17, 15) is 8.42 Å². The molecule has 35 heavy (non-hydrogen) atoms. The molecule has 0 unspecified atom stereocenters. The Balaban J connectivity index is 1.09. The number of hydrogen-bond acceptors (Lipinski definition) is 7. The number of sulfone groups is 1. The van der Waals surface area contributed by atoms with Crippen LogP contribution in [0.4, 0.5) is 0 Å². The summed E-state index contributed by atoms with van der Waals surface area (Å²) >= 11 is 0. The number of aromatic nitrogens is 2. The zero-order valence-electron chi connectivity index (χ0n) is 19.2. The van der Waals surface area contributed by atoms with Crippen molar-refractivity contribution in [3.05, 3.63) is 96.8 Å². The van der Waals surface area contributed by atoms with Gasteiger partial charge in [-0.2, -0.15) is 0 Å². The van der Waals surface area contributed by atoms with E-state index in [0.29, 0.717) is 5.88 Å². The second-order valence-electron chi connectivity index (χ2n) is 8.54. The zero-order valence-corrected chi connectivity index (χ0v) is 20.1. The van der Waals surface area contributed by atoms with Gasteiger partial charge in [0.15, 0.2) is 14.9 Å². The summed E-state index contributed by atoms with van der Waals surface area (Å²) in [5.74, 6) is 2.22. The number of nitrogens with zero attached hydrogens (tertiary/aromatic N) is 3. The highest BCUT2D eigenvalue weighted by Gasteiger charge is 2.28. The highest BCUT2D eigenvalue weighted by Crippen LogP contribution is 2.25. The maximum absolute atomic E-state index is 11.6. The standard InChI is InChI=1S/C27H25N3O4S/c1-35(31,32)27-14-10-22(16-29-27)21-9-13-26(28-15-21)34-25-18-30(19-25)17-20-7-11-24(12-8-20)33-23-5-3-2-4-6-23/h2-16,25H,17-19H2,1H3. The van der Waals surface area contributed by atoms with Crippen LogP contribution in [0.1, 0.15) is 5.56 Å². The van der Waals surface area contributed by atoms with Gasteiger partial charge in [0, 0.05) is 55.5 Å². The first-order chi connectivity index (χ1) is 16.9. The SMILES string of the molecule is CS(=O)(=O)c1ccc(-c2ccc(OC3CN(Cc4ccc(Oc5ccccc5)cc4)C3)nc2)cn1. The molecule has 7 nitrogen and oxygen atoms in total. The molecule has 1 fully saturated rings. The predicted octanol–water partition coefficient (Wildman–Crippen LogP) is 4.60. The highest BCUT2D eigenvalue weighted by molar-refractivity contribution is 7.90.